The van der Waals surface area contributed by atoms with E-state index in [1.54, 1.807) is 0 Å². The van der Waals surface area contributed by atoms with Gasteiger partial charge >= 0.3 is 12.0 Å². The van der Waals surface area contributed by atoms with Crippen molar-refractivity contribution in [1.82, 2.24) is 10.6 Å². The molecule has 0 bridgehead atoms. The molecule has 0 aliphatic rings. The molecule has 0 aliphatic heterocycles. The van der Waals surface area contributed by atoms with E-state index in [9.17, 15) is 9.59 Å². The SMILES string of the molecule is CCCC(CNC(=O)NC(C)c1ccccc1)C(=O)O. The van der Waals surface area contributed by atoms with Crippen molar-refractivity contribution in [3.8, 4) is 0 Å². The second kappa shape index (κ2) is 8.19. The first kappa shape index (κ1) is 16.0. The van der Waals surface area contributed by atoms with Crippen LogP contribution < -0.4 is 10.6 Å². The lowest BCUT2D eigenvalue weighted by molar-refractivity contribution is -0.141. The second-order valence-corrected chi connectivity index (χ2v) is 4.81. The maximum Gasteiger partial charge on any atom is 0.315 e. The fourth-order valence-corrected chi connectivity index (χ4v) is 1.95. The summed E-state index contributed by atoms with van der Waals surface area (Å²) < 4.78 is 0. The molecule has 0 spiro atoms. The first-order valence-corrected chi connectivity index (χ1v) is 6.86. The van der Waals surface area contributed by atoms with Crippen LogP contribution in [0.4, 0.5) is 4.79 Å². The van der Waals surface area contributed by atoms with Gasteiger partial charge in [-0.1, -0.05) is 43.7 Å². The molecule has 0 radical (unpaired) electrons. The summed E-state index contributed by atoms with van der Waals surface area (Å²) in [5.41, 5.74) is 1.01. The summed E-state index contributed by atoms with van der Waals surface area (Å²) in [6.07, 6.45) is 1.34. The predicted molar refractivity (Wildman–Crippen MR) is 77.4 cm³/mol. The normalized spacial score (nSPS) is 13.3. The largest absolute Gasteiger partial charge is 0.481 e. The number of carbonyl (C=O) groups excluding carboxylic acids is 1. The summed E-state index contributed by atoms with van der Waals surface area (Å²) in [6, 6.07) is 9.14. The minimum absolute atomic E-state index is 0.120. The first-order valence-electron chi connectivity index (χ1n) is 6.86. The molecule has 0 saturated heterocycles. The lowest BCUT2D eigenvalue weighted by atomic mass is 10.0. The van der Waals surface area contributed by atoms with E-state index >= 15 is 0 Å². The summed E-state index contributed by atoms with van der Waals surface area (Å²) in [5.74, 6) is -1.40. The lowest BCUT2D eigenvalue weighted by Gasteiger charge is -2.17. The minimum atomic E-state index is -0.872. The Kier molecular flexibility index (Phi) is 6.56. The molecule has 3 N–H and O–H groups in total. The van der Waals surface area contributed by atoms with Crippen molar-refractivity contribution in [1.29, 1.82) is 0 Å². The van der Waals surface area contributed by atoms with Crippen LogP contribution >= 0.6 is 0 Å². The molecule has 5 heteroatoms. The molecule has 110 valence electrons. The maximum atomic E-state index is 11.7. The highest BCUT2D eigenvalue weighted by molar-refractivity contribution is 5.76. The molecule has 0 heterocycles. The maximum absolute atomic E-state index is 11.7. The molecule has 1 aromatic carbocycles. The third-order valence-electron chi connectivity index (χ3n) is 3.14. The van der Waals surface area contributed by atoms with Crippen LogP contribution in [0.5, 0.6) is 0 Å². The van der Waals surface area contributed by atoms with Crippen LogP contribution in [0.2, 0.25) is 0 Å². The number of amides is 2. The molecule has 0 aliphatic carbocycles. The van der Waals surface area contributed by atoms with Crippen molar-refractivity contribution in [2.24, 2.45) is 5.92 Å². The number of carbonyl (C=O) groups is 2. The molecule has 0 saturated carbocycles. The predicted octanol–water partition coefficient (Wildman–Crippen LogP) is 2.55. The van der Waals surface area contributed by atoms with Gasteiger partial charge in [-0.2, -0.15) is 0 Å². The van der Waals surface area contributed by atoms with Gasteiger partial charge in [-0.15, -0.1) is 0 Å². The number of carboxylic acid groups (broad SMARTS) is 1. The van der Waals surface area contributed by atoms with Gasteiger partial charge < -0.3 is 15.7 Å². The van der Waals surface area contributed by atoms with E-state index in [0.717, 1.165) is 12.0 Å². The first-order chi connectivity index (χ1) is 9.54. The van der Waals surface area contributed by atoms with Gasteiger partial charge in [-0.3, -0.25) is 4.79 Å². The van der Waals surface area contributed by atoms with E-state index in [0.29, 0.717) is 6.42 Å². The minimum Gasteiger partial charge on any atom is -0.481 e. The fraction of sp³-hybridized carbons (Fsp3) is 0.467. The average Bonchev–Trinajstić information content (AvgIpc) is 2.44. The van der Waals surface area contributed by atoms with E-state index in [1.165, 1.54) is 0 Å². The molecular weight excluding hydrogens is 256 g/mol. The van der Waals surface area contributed by atoms with Crippen molar-refractivity contribution in [2.45, 2.75) is 32.7 Å². The molecule has 2 atom stereocenters. The Balaban J connectivity index is 2.41. The summed E-state index contributed by atoms with van der Waals surface area (Å²) in [6.45, 7) is 3.96. The van der Waals surface area contributed by atoms with Crippen molar-refractivity contribution >= 4 is 12.0 Å². The van der Waals surface area contributed by atoms with E-state index in [-0.39, 0.29) is 18.6 Å². The number of hydrogen-bond donors (Lipinski definition) is 3. The van der Waals surface area contributed by atoms with Crippen molar-refractivity contribution in [2.75, 3.05) is 6.54 Å². The van der Waals surface area contributed by atoms with E-state index < -0.39 is 11.9 Å². The van der Waals surface area contributed by atoms with Crippen LogP contribution in [0.1, 0.15) is 38.3 Å². The molecule has 0 fully saturated rings. The topological polar surface area (TPSA) is 78.4 Å². The zero-order valence-electron chi connectivity index (χ0n) is 11.9. The van der Waals surface area contributed by atoms with Gasteiger partial charge in [-0.05, 0) is 18.9 Å². The van der Waals surface area contributed by atoms with Gasteiger partial charge in [-0.25, -0.2) is 4.79 Å². The summed E-state index contributed by atoms with van der Waals surface area (Å²) in [7, 11) is 0. The van der Waals surface area contributed by atoms with Gasteiger partial charge in [0.1, 0.15) is 0 Å². The number of nitrogens with one attached hydrogen (secondary N) is 2. The third kappa shape index (κ3) is 5.30. The molecule has 1 rings (SSSR count). The van der Waals surface area contributed by atoms with Crippen molar-refractivity contribution < 1.29 is 14.7 Å². The number of urea groups is 1. The molecule has 1 aromatic rings. The second-order valence-electron chi connectivity index (χ2n) is 4.81. The highest BCUT2D eigenvalue weighted by atomic mass is 16.4. The zero-order chi connectivity index (χ0) is 15.0. The zero-order valence-corrected chi connectivity index (χ0v) is 11.9. The Morgan fingerprint density at radius 2 is 1.90 bits per heavy atom. The third-order valence-corrected chi connectivity index (χ3v) is 3.14. The van der Waals surface area contributed by atoms with Gasteiger partial charge in [0, 0.05) is 6.54 Å². The average molecular weight is 278 g/mol. The van der Waals surface area contributed by atoms with E-state index in [1.807, 2.05) is 44.2 Å². The van der Waals surface area contributed by atoms with Crippen molar-refractivity contribution in [3.63, 3.8) is 0 Å². The van der Waals surface area contributed by atoms with E-state index in [4.69, 9.17) is 5.11 Å². The Hall–Kier alpha value is -2.04. The number of hydrogen-bond acceptors (Lipinski definition) is 2. The highest BCUT2D eigenvalue weighted by Gasteiger charge is 2.17. The Bertz CT molecular complexity index is 434. The van der Waals surface area contributed by atoms with Crippen LogP contribution in [0.3, 0.4) is 0 Å². The standard InChI is InChI=1S/C15H22N2O3/c1-3-7-13(14(18)19)10-16-15(20)17-11(2)12-8-5-4-6-9-12/h4-6,8-9,11,13H,3,7,10H2,1-2H3,(H,18,19)(H2,16,17,20). The van der Waals surface area contributed by atoms with Crippen LogP contribution in [0.15, 0.2) is 30.3 Å². The highest BCUT2D eigenvalue weighted by Crippen LogP contribution is 2.10. The summed E-state index contributed by atoms with van der Waals surface area (Å²) >= 11 is 0. The van der Waals surface area contributed by atoms with Crippen LogP contribution in [0.25, 0.3) is 0 Å². The van der Waals surface area contributed by atoms with Crippen molar-refractivity contribution in [3.05, 3.63) is 35.9 Å². The van der Waals surface area contributed by atoms with Gasteiger partial charge in [0.25, 0.3) is 0 Å². The Morgan fingerprint density at radius 1 is 1.25 bits per heavy atom. The van der Waals surface area contributed by atoms with Crippen LogP contribution in [-0.4, -0.2) is 23.7 Å². The quantitative estimate of drug-likeness (QED) is 0.717. The molecule has 20 heavy (non-hydrogen) atoms. The van der Waals surface area contributed by atoms with E-state index in [2.05, 4.69) is 10.6 Å². The number of aliphatic carboxylic acids is 1. The molecule has 2 unspecified atom stereocenters. The lowest BCUT2D eigenvalue weighted by Crippen LogP contribution is -2.40. The summed E-state index contributed by atoms with van der Waals surface area (Å²) in [4.78, 5) is 22.7. The van der Waals surface area contributed by atoms with Gasteiger partial charge in [0.2, 0.25) is 0 Å². The fourth-order valence-electron chi connectivity index (χ4n) is 1.95. The number of rotatable bonds is 7. The molecule has 5 nitrogen and oxygen atoms in total. The van der Waals surface area contributed by atoms with Gasteiger partial charge in [0.05, 0.1) is 12.0 Å². The Morgan fingerprint density at radius 3 is 2.45 bits per heavy atom. The monoisotopic (exact) mass is 278 g/mol. The molecule has 2 amide bonds. The van der Waals surface area contributed by atoms with Crippen LogP contribution in [0, 0.1) is 5.92 Å². The molecular formula is C15H22N2O3. The smallest absolute Gasteiger partial charge is 0.315 e. The number of benzene rings is 1. The van der Waals surface area contributed by atoms with Crippen LogP contribution in [-0.2, 0) is 4.79 Å². The summed E-state index contributed by atoms with van der Waals surface area (Å²) in [5, 5.41) is 14.4. The molecule has 0 aromatic heterocycles. The van der Waals surface area contributed by atoms with Gasteiger partial charge in [0.15, 0.2) is 0 Å². The Labute approximate surface area is 119 Å². The number of carboxylic acids is 1.